The fraction of sp³-hybridized carbons (Fsp3) is 0.421. The third-order valence-corrected chi connectivity index (χ3v) is 5.59. The molecule has 136 valence electrons. The second-order valence-corrected chi connectivity index (χ2v) is 7.56. The summed E-state index contributed by atoms with van der Waals surface area (Å²) in [5, 5.41) is 8.41. The van der Waals surface area contributed by atoms with Crippen molar-refractivity contribution in [2.75, 3.05) is 23.3 Å². The molecule has 0 saturated carbocycles. The number of aryl methyl sites for hydroxylation is 1. The molecule has 2 aromatic heterocycles. The summed E-state index contributed by atoms with van der Waals surface area (Å²) in [4.78, 5) is 19.7. The monoisotopic (exact) mass is 369 g/mol. The lowest BCUT2D eigenvalue weighted by Gasteiger charge is -2.19. The summed E-state index contributed by atoms with van der Waals surface area (Å²) < 4.78 is 1.37. The molecule has 1 aromatic carbocycles. The molecule has 7 heteroatoms. The Morgan fingerprint density at radius 2 is 2.15 bits per heavy atom. The summed E-state index contributed by atoms with van der Waals surface area (Å²) in [5.41, 5.74) is 4.38. The number of anilines is 3. The zero-order chi connectivity index (χ0) is 18.1. The highest BCUT2D eigenvalue weighted by molar-refractivity contribution is 7.20. The van der Waals surface area contributed by atoms with Gasteiger partial charge < -0.3 is 10.2 Å². The van der Waals surface area contributed by atoms with E-state index in [1.165, 1.54) is 39.9 Å². The van der Waals surface area contributed by atoms with Crippen LogP contribution in [0.1, 0.15) is 37.9 Å². The normalized spacial score (nSPS) is 13.4. The van der Waals surface area contributed by atoms with Crippen molar-refractivity contribution >= 4 is 32.8 Å². The van der Waals surface area contributed by atoms with Crippen LogP contribution in [0.25, 0.3) is 4.96 Å². The first-order chi connectivity index (χ1) is 12.7. The molecule has 1 N–H and O–H groups in total. The molecule has 26 heavy (non-hydrogen) atoms. The van der Waals surface area contributed by atoms with E-state index in [1.54, 1.807) is 6.07 Å². The van der Waals surface area contributed by atoms with Gasteiger partial charge in [-0.05, 0) is 37.0 Å². The van der Waals surface area contributed by atoms with Gasteiger partial charge in [0.1, 0.15) is 0 Å². The minimum atomic E-state index is -0.129. The van der Waals surface area contributed by atoms with E-state index in [0.29, 0.717) is 10.1 Å². The van der Waals surface area contributed by atoms with Crippen LogP contribution in [0.2, 0.25) is 0 Å². The van der Waals surface area contributed by atoms with Gasteiger partial charge in [0.25, 0.3) is 5.56 Å². The number of unbranched alkanes of at least 4 members (excludes halogenated alkanes) is 1. The first kappa shape index (κ1) is 17.0. The lowest BCUT2D eigenvalue weighted by atomic mass is 10.1. The van der Waals surface area contributed by atoms with Crippen molar-refractivity contribution in [2.24, 2.45) is 0 Å². The van der Waals surface area contributed by atoms with Gasteiger partial charge in [-0.15, -0.1) is 5.10 Å². The van der Waals surface area contributed by atoms with Crippen LogP contribution in [0.3, 0.4) is 0 Å². The molecule has 0 atom stereocenters. The smallest absolute Gasteiger partial charge is 0.275 e. The number of fused-ring (bicyclic) bond motifs is 2. The molecule has 0 saturated heterocycles. The molecule has 1 aliphatic rings. The SMILES string of the molecule is CCCCN1CCc2ccc(Nc3nn4c(=O)cc(CC)nc4s3)cc21. The van der Waals surface area contributed by atoms with Gasteiger partial charge in [-0.3, -0.25) is 4.79 Å². The van der Waals surface area contributed by atoms with Gasteiger partial charge in [0.15, 0.2) is 0 Å². The molecule has 0 spiro atoms. The van der Waals surface area contributed by atoms with Gasteiger partial charge in [-0.25, -0.2) is 4.98 Å². The molecule has 0 radical (unpaired) electrons. The summed E-state index contributed by atoms with van der Waals surface area (Å²) in [6.45, 7) is 6.42. The minimum absolute atomic E-state index is 0.129. The number of nitrogens with zero attached hydrogens (tertiary/aromatic N) is 4. The zero-order valence-electron chi connectivity index (χ0n) is 15.2. The number of rotatable bonds is 6. The Labute approximate surface area is 156 Å². The zero-order valence-corrected chi connectivity index (χ0v) is 16.0. The molecule has 0 unspecified atom stereocenters. The van der Waals surface area contributed by atoms with Crippen LogP contribution < -0.4 is 15.8 Å². The van der Waals surface area contributed by atoms with Crippen molar-refractivity contribution in [3.63, 3.8) is 0 Å². The maximum absolute atomic E-state index is 12.2. The highest BCUT2D eigenvalue weighted by Gasteiger charge is 2.19. The van der Waals surface area contributed by atoms with Crippen LogP contribution >= 0.6 is 11.3 Å². The summed E-state index contributed by atoms with van der Waals surface area (Å²) in [5.74, 6) is 0. The van der Waals surface area contributed by atoms with E-state index in [-0.39, 0.29) is 5.56 Å². The van der Waals surface area contributed by atoms with Gasteiger partial charge in [-0.2, -0.15) is 4.52 Å². The van der Waals surface area contributed by atoms with Crippen LogP contribution in [0, 0.1) is 0 Å². The third-order valence-electron chi connectivity index (χ3n) is 4.77. The van der Waals surface area contributed by atoms with Crippen molar-refractivity contribution in [2.45, 2.75) is 39.5 Å². The van der Waals surface area contributed by atoms with Crippen molar-refractivity contribution < 1.29 is 0 Å². The standard InChI is InChI=1S/C19H23N5OS/c1-3-5-9-23-10-8-13-6-7-15(11-16(13)23)20-18-22-24-17(25)12-14(4-2)21-19(24)26-18/h6-7,11-12H,3-5,8-10H2,1-2H3,(H,20,22). The van der Waals surface area contributed by atoms with E-state index in [2.05, 4.69) is 45.4 Å². The molecule has 3 heterocycles. The van der Waals surface area contributed by atoms with E-state index in [1.807, 2.05) is 6.92 Å². The quantitative estimate of drug-likeness (QED) is 0.719. The average molecular weight is 369 g/mol. The Hall–Kier alpha value is -2.41. The maximum Gasteiger partial charge on any atom is 0.275 e. The minimum Gasteiger partial charge on any atom is -0.371 e. The topological polar surface area (TPSA) is 62.5 Å². The molecule has 6 nitrogen and oxygen atoms in total. The second kappa shape index (κ2) is 7.07. The Morgan fingerprint density at radius 3 is 2.96 bits per heavy atom. The summed E-state index contributed by atoms with van der Waals surface area (Å²) in [6.07, 6.45) is 4.27. The average Bonchev–Trinajstić information content (AvgIpc) is 3.23. The van der Waals surface area contributed by atoms with Gasteiger partial charge in [0, 0.05) is 36.2 Å². The maximum atomic E-state index is 12.2. The highest BCUT2D eigenvalue weighted by Crippen LogP contribution is 2.32. The van der Waals surface area contributed by atoms with E-state index in [0.717, 1.165) is 37.3 Å². The van der Waals surface area contributed by atoms with Gasteiger partial charge in [0.05, 0.1) is 0 Å². The van der Waals surface area contributed by atoms with Crippen molar-refractivity contribution in [1.29, 1.82) is 0 Å². The van der Waals surface area contributed by atoms with Crippen LogP contribution in [-0.4, -0.2) is 27.7 Å². The Balaban J connectivity index is 1.61. The third kappa shape index (κ3) is 3.19. The highest BCUT2D eigenvalue weighted by atomic mass is 32.1. The molecule has 3 aromatic rings. The van der Waals surface area contributed by atoms with E-state index >= 15 is 0 Å². The lowest BCUT2D eigenvalue weighted by Crippen LogP contribution is -2.21. The predicted octanol–water partition coefficient (Wildman–Crippen LogP) is 3.62. The Bertz CT molecular complexity index is 993. The predicted molar refractivity (Wildman–Crippen MR) is 107 cm³/mol. The summed E-state index contributed by atoms with van der Waals surface area (Å²) in [7, 11) is 0. The molecule has 0 amide bonds. The van der Waals surface area contributed by atoms with Gasteiger partial charge in [-0.1, -0.05) is 37.7 Å². The van der Waals surface area contributed by atoms with E-state index < -0.39 is 0 Å². The van der Waals surface area contributed by atoms with Crippen molar-refractivity contribution in [3.05, 3.63) is 45.9 Å². The number of nitrogens with one attached hydrogen (secondary N) is 1. The van der Waals surface area contributed by atoms with Gasteiger partial charge >= 0.3 is 0 Å². The molecular formula is C19H23N5OS. The number of hydrogen-bond donors (Lipinski definition) is 1. The fourth-order valence-electron chi connectivity index (χ4n) is 3.32. The number of aromatic nitrogens is 3. The van der Waals surface area contributed by atoms with Crippen molar-refractivity contribution in [3.8, 4) is 0 Å². The summed E-state index contributed by atoms with van der Waals surface area (Å²) in [6, 6.07) is 8.02. The van der Waals surface area contributed by atoms with E-state index in [9.17, 15) is 4.79 Å². The van der Waals surface area contributed by atoms with Crippen LogP contribution in [0.4, 0.5) is 16.5 Å². The summed E-state index contributed by atoms with van der Waals surface area (Å²) >= 11 is 1.40. The fourth-order valence-corrected chi connectivity index (χ4v) is 4.16. The molecule has 4 rings (SSSR count). The second-order valence-electron chi connectivity index (χ2n) is 6.60. The first-order valence-corrected chi connectivity index (χ1v) is 10.0. The van der Waals surface area contributed by atoms with Gasteiger partial charge in [0.2, 0.25) is 10.1 Å². The molecule has 1 aliphatic heterocycles. The van der Waals surface area contributed by atoms with Crippen molar-refractivity contribution in [1.82, 2.24) is 14.6 Å². The van der Waals surface area contributed by atoms with Crippen LogP contribution in [-0.2, 0) is 12.8 Å². The van der Waals surface area contributed by atoms with Crippen LogP contribution in [0.5, 0.6) is 0 Å². The number of benzene rings is 1. The lowest BCUT2D eigenvalue weighted by molar-refractivity contribution is 0.736. The van der Waals surface area contributed by atoms with Crippen LogP contribution in [0.15, 0.2) is 29.1 Å². The molecular weight excluding hydrogens is 346 g/mol. The molecule has 0 fully saturated rings. The molecule has 0 bridgehead atoms. The Kier molecular flexibility index (Phi) is 4.63. The number of hydrogen-bond acceptors (Lipinski definition) is 6. The molecule has 0 aliphatic carbocycles. The first-order valence-electron chi connectivity index (χ1n) is 9.22. The Morgan fingerprint density at radius 1 is 1.27 bits per heavy atom. The largest absolute Gasteiger partial charge is 0.371 e. The van der Waals surface area contributed by atoms with E-state index in [4.69, 9.17) is 0 Å².